The van der Waals surface area contributed by atoms with E-state index in [2.05, 4.69) is 17.6 Å². The second-order valence-electron chi connectivity index (χ2n) is 9.26. The molecule has 0 saturated heterocycles. The Bertz CT molecular complexity index is 793. The number of aliphatic hydroxyl groups excluding tert-OH is 1. The summed E-state index contributed by atoms with van der Waals surface area (Å²) in [5.41, 5.74) is -0.344. The number of benzene rings is 1. The van der Waals surface area contributed by atoms with Gasteiger partial charge in [0.15, 0.2) is 0 Å². The van der Waals surface area contributed by atoms with Crippen molar-refractivity contribution in [1.82, 2.24) is 15.5 Å². The Balaban J connectivity index is 3.27. The minimum atomic E-state index is -1.29. The number of carbonyl (C=O) groups is 3. The Morgan fingerprint density at radius 2 is 1.76 bits per heavy atom. The van der Waals surface area contributed by atoms with Crippen LogP contribution in [0.4, 0.5) is 4.79 Å². The van der Waals surface area contributed by atoms with Crippen LogP contribution in [-0.2, 0) is 14.3 Å². The van der Waals surface area contributed by atoms with Crippen molar-refractivity contribution < 1.29 is 29.3 Å². The Hall–Kier alpha value is -2.81. The van der Waals surface area contributed by atoms with Gasteiger partial charge in [0, 0.05) is 13.1 Å². The Kier molecular flexibility index (Phi) is 12.4. The van der Waals surface area contributed by atoms with Crippen LogP contribution >= 0.6 is 0 Å². The number of nitrogens with one attached hydrogen (secondary N) is 2. The number of carbonyl (C=O) groups excluding carboxylic acids is 3. The molecule has 2 unspecified atom stereocenters. The van der Waals surface area contributed by atoms with Crippen LogP contribution in [0.25, 0.3) is 0 Å². The molecule has 2 atom stereocenters. The minimum Gasteiger partial charge on any atom is -0.508 e. The second-order valence-corrected chi connectivity index (χ2v) is 9.26. The topological polar surface area (TPSA) is 128 Å². The molecule has 0 spiro atoms. The third-order valence-electron chi connectivity index (χ3n) is 5.03. The lowest BCUT2D eigenvalue weighted by Crippen LogP contribution is -2.54. The molecule has 1 aromatic rings. The third kappa shape index (κ3) is 9.99. The van der Waals surface area contributed by atoms with Crippen molar-refractivity contribution in [3.05, 3.63) is 29.8 Å². The molecule has 0 bridgehead atoms. The molecule has 9 nitrogen and oxygen atoms in total. The number of alkyl carbamates (subject to hydrolysis) is 1. The van der Waals surface area contributed by atoms with Crippen LogP contribution in [-0.4, -0.2) is 64.4 Å². The van der Waals surface area contributed by atoms with Crippen LogP contribution in [0.5, 0.6) is 5.75 Å². The fourth-order valence-electron chi connectivity index (χ4n) is 3.38. The molecule has 3 amide bonds. The minimum absolute atomic E-state index is 0.0326. The van der Waals surface area contributed by atoms with E-state index in [1.165, 1.54) is 17.0 Å². The van der Waals surface area contributed by atoms with Crippen molar-refractivity contribution in [2.45, 2.75) is 84.4 Å². The number of ether oxygens (including phenoxy) is 1. The maximum absolute atomic E-state index is 13.5. The van der Waals surface area contributed by atoms with E-state index in [9.17, 15) is 24.6 Å². The van der Waals surface area contributed by atoms with Crippen LogP contribution in [0.15, 0.2) is 24.3 Å². The van der Waals surface area contributed by atoms with Crippen LogP contribution in [0.2, 0.25) is 0 Å². The van der Waals surface area contributed by atoms with Gasteiger partial charge in [0.05, 0.1) is 6.61 Å². The third-order valence-corrected chi connectivity index (χ3v) is 5.03. The Morgan fingerprint density at radius 3 is 2.32 bits per heavy atom. The lowest BCUT2D eigenvalue weighted by Gasteiger charge is -2.34. The van der Waals surface area contributed by atoms with Crippen molar-refractivity contribution in [2.24, 2.45) is 0 Å². The van der Waals surface area contributed by atoms with Gasteiger partial charge in [-0.05, 0) is 51.3 Å². The summed E-state index contributed by atoms with van der Waals surface area (Å²) in [6.45, 7) is 9.12. The highest BCUT2D eigenvalue weighted by molar-refractivity contribution is 5.92. The Morgan fingerprint density at radius 1 is 1.09 bits per heavy atom. The lowest BCUT2D eigenvalue weighted by atomic mass is 10.0. The van der Waals surface area contributed by atoms with Crippen LogP contribution in [0.1, 0.15) is 78.3 Å². The quantitative estimate of drug-likeness (QED) is 0.322. The van der Waals surface area contributed by atoms with E-state index < -0.39 is 36.3 Å². The first-order valence-electron chi connectivity index (χ1n) is 12.0. The summed E-state index contributed by atoms with van der Waals surface area (Å²) in [4.78, 5) is 40.4. The molecule has 1 aromatic carbocycles. The molecule has 0 aliphatic carbocycles. The number of phenols is 1. The standard InChI is InChI=1S/C25H41N3O6/c1-6-8-10-14-26-22(31)21(18-12-11-13-19(30)16-18)28(15-9-7-2)23(32)20(17-29)27-24(33)34-25(3,4)5/h11-13,16,20-21,29-30H,6-10,14-15,17H2,1-5H3,(H,26,31)(H,27,33). The van der Waals surface area contributed by atoms with E-state index in [4.69, 9.17) is 4.74 Å². The van der Waals surface area contributed by atoms with Crippen molar-refractivity contribution in [3.8, 4) is 5.75 Å². The van der Waals surface area contributed by atoms with E-state index in [-0.39, 0.29) is 18.2 Å². The normalized spacial score (nSPS) is 13.0. The zero-order valence-corrected chi connectivity index (χ0v) is 21.1. The van der Waals surface area contributed by atoms with Crippen LogP contribution in [0, 0.1) is 0 Å². The van der Waals surface area contributed by atoms with E-state index in [0.29, 0.717) is 18.5 Å². The molecular formula is C25H41N3O6. The summed E-state index contributed by atoms with van der Waals surface area (Å²) in [7, 11) is 0. The van der Waals surface area contributed by atoms with Gasteiger partial charge in [0.1, 0.15) is 23.4 Å². The largest absolute Gasteiger partial charge is 0.508 e. The highest BCUT2D eigenvalue weighted by Gasteiger charge is 2.35. The molecule has 0 heterocycles. The van der Waals surface area contributed by atoms with Crippen LogP contribution < -0.4 is 10.6 Å². The average Bonchev–Trinajstić information content (AvgIpc) is 2.76. The number of aliphatic hydroxyl groups is 1. The molecule has 0 aliphatic heterocycles. The van der Waals surface area contributed by atoms with Crippen molar-refractivity contribution in [1.29, 1.82) is 0 Å². The van der Waals surface area contributed by atoms with Gasteiger partial charge >= 0.3 is 6.09 Å². The molecule has 192 valence electrons. The summed E-state index contributed by atoms with van der Waals surface area (Å²) in [5.74, 6) is -1.03. The summed E-state index contributed by atoms with van der Waals surface area (Å²) in [6, 6.07) is 3.86. The van der Waals surface area contributed by atoms with Crippen molar-refractivity contribution >= 4 is 17.9 Å². The Labute approximate surface area is 202 Å². The summed E-state index contributed by atoms with van der Waals surface area (Å²) < 4.78 is 5.22. The first-order valence-corrected chi connectivity index (χ1v) is 12.0. The summed E-state index contributed by atoms with van der Waals surface area (Å²) in [5, 5.41) is 25.2. The molecule has 0 radical (unpaired) electrons. The van der Waals surface area contributed by atoms with E-state index in [1.54, 1.807) is 32.9 Å². The maximum atomic E-state index is 13.5. The number of amides is 3. The molecule has 34 heavy (non-hydrogen) atoms. The van der Waals surface area contributed by atoms with E-state index in [1.807, 2.05) is 6.92 Å². The molecule has 0 saturated carbocycles. The van der Waals surface area contributed by atoms with Gasteiger partial charge < -0.3 is 30.5 Å². The number of rotatable bonds is 13. The first-order chi connectivity index (χ1) is 16.0. The highest BCUT2D eigenvalue weighted by atomic mass is 16.6. The molecule has 1 rings (SSSR count). The van der Waals surface area contributed by atoms with Crippen molar-refractivity contribution in [2.75, 3.05) is 19.7 Å². The number of phenolic OH excluding ortho intramolecular Hbond substituents is 1. The van der Waals surface area contributed by atoms with Gasteiger partial charge in [-0.2, -0.15) is 0 Å². The number of nitrogens with zero attached hydrogens (tertiary/aromatic N) is 1. The fraction of sp³-hybridized carbons (Fsp3) is 0.640. The predicted octanol–water partition coefficient (Wildman–Crippen LogP) is 3.25. The van der Waals surface area contributed by atoms with Crippen molar-refractivity contribution in [3.63, 3.8) is 0 Å². The van der Waals surface area contributed by atoms with Crippen LogP contribution in [0.3, 0.4) is 0 Å². The monoisotopic (exact) mass is 479 g/mol. The highest BCUT2D eigenvalue weighted by Crippen LogP contribution is 2.26. The molecular weight excluding hydrogens is 438 g/mol. The predicted molar refractivity (Wildman–Crippen MR) is 130 cm³/mol. The van der Waals surface area contributed by atoms with Gasteiger partial charge in [0.25, 0.3) is 0 Å². The summed E-state index contributed by atoms with van der Waals surface area (Å²) in [6.07, 6.45) is 3.29. The molecule has 9 heteroatoms. The number of hydrogen-bond donors (Lipinski definition) is 4. The van der Waals surface area contributed by atoms with Gasteiger partial charge in [-0.25, -0.2) is 4.79 Å². The van der Waals surface area contributed by atoms with E-state index in [0.717, 1.165) is 25.7 Å². The molecule has 0 aliphatic rings. The summed E-state index contributed by atoms with van der Waals surface area (Å²) >= 11 is 0. The number of hydrogen-bond acceptors (Lipinski definition) is 6. The van der Waals surface area contributed by atoms with Gasteiger partial charge in [-0.15, -0.1) is 0 Å². The molecule has 0 fully saturated rings. The molecule has 4 N–H and O–H groups in total. The van der Waals surface area contributed by atoms with Gasteiger partial charge in [-0.1, -0.05) is 45.2 Å². The van der Waals surface area contributed by atoms with E-state index >= 15 is 0 Å². The van der Waals surface area contributed by atoms with Gasteiger partial charge in [0.2, 0.25) is 11.8 Å². The molecule has 0 aromatic heterocycles. The smallest absolute Gasteiger partial charge is 0.408 e. The SMILES string of the molecule is CCCCCNC(=O)C(c1cccc(O)c1)N(CCCC)C(=O)C(CO)NC(=O)OC(C)(C)C. The number of unbranched alkanes of at least 4 members (excludes halogenated alkanes) is 3. The lowest BCUT2D eigenvalue weighted by molar-refractivity contribution is -0.143. The first kappa shape index (κ1) is 29.2. The fourth-order valence-corrected chi connectivity index (χ4v) is 3.38. The average molecular weight is 480 g/mol. The zero-order valence-electron chi connectivity index (χ0n) is 21.1. The van der Waals surface area contributed by atoms with Gasteiger partial charge in [-0.3, -0.25) is 9.59 Å². The second kappa shape index (κ2) is 14.5. The number of aromatic hydroxyl groups is 1. The maximum Gasteiger partial charge on any atom is 0.408 e. The zero-order chi connectivity index (χ0) is 25.7.